The van der Waals surface area contributed by atoms with Gasteiger partial charge in [0.1, 0.15) is 11.5 Å². The zero-order valence-electron chi connectivity index (χ0n) is 14.5. The first-order chi connectivity index (χ1) is 11.7. The van der Waals surface area contributed by atoms with E-state index in [1.54, 1.807) is 29.0 Å². The first-order valence-electron chi connectivity index (χ1n) is 8.07. The van der Waals surface area contributed by atoms with E-state index in [0.717, 1.165) is 5.76 Å². The lowest BCUT2D eigenvalue weighted by Gasteiger charge is -2.35. The molecule has 136 valence electrons. The maximum atomic E-state index is 12.7. The Hall–Kier alpha value is -2.29. The molecule has 1 N–H and O–H groups in total. The summed E-state index contributed by atoms with van der Waals surface area (Å²) in [5.41, 5.74) is 0.711. The Morgan fingerprint density at radius 3 is 2.80 bits per heavy atom. The molecular weight excluding hydrogens is 344 g/mol. The molecule has 1 aliphatic rings. The minimum Gasteiger partial charge on any atom is -0.464 e. The van der Waals surface area contributed by atoms with Crippen LogP contribution in [0, 0.1) is 6.92 Å². The molecule has 8 nitrogen and oxygen atoms in total. The summed E-state index contributed by atoms with van der Waals surface area (Å²) >= 11 is 0. The molecule has 1 fully saturated rings. The van der Waals surface area contributed by atoms with Crippen molar-refractivity contribution in [2.45, 2.75) is 25.9 Å². The maximum Gasteiger partial charge on any atom is 0.318 e. The third kappa shape index (κ3) is 3.87. The van der Waals surface area contributed by atoms with Gasteiger partial charge in [-0.25, -0.2) is 13.2 Å². The predicted molar refractivity (Wildman–Crippen MR) is 91.7 cm³/mol. The van der Waals surface area contributed by atoms with E-state index in [2.05, 4.69) is 10.4 Å². The molecule has 2 aromatic rings. The third-order valence-corrected chi connectivity index (χ3v) is 5.96. The van der Waals surface area contributed by atoms with Crippen molar-refractivity contribution in [2.24, 2.45) is 7.05 Å². The number of rotatable bonds is 3. The number of urea groups is 1. The van der Waals surface area contributed by atoms with E-state index in [4.69, 9.17) is 4.42 Å². The number of hydrogen-bond donors (Lipinski definition) is 1. The molecule has 25 heavy (non-hydrogen) atoms. The summed E-state index contributed by atoms with van der Waals surface area (Å²) in [5, 5.41) is 6.98. The molecule has 0 saturated carbocycles. The van der Waals surface area contributed by atoms with Crippen LogP contribution in [0.25, 0.3) is 0 Å². The van der Waals surface area contributed by atoms with Crippen LogP contribution in [-0.4, -0.2) is 47.2 Å². The second kappa shape index (κ2) is 6.55. The molecule has 0 spiro atoms. The summed E-state index contributed by atoms with van der Waals surface area (Å²) in [6.07, 6.45) is 3.34. The average Bonchev–Trinajstić information content (AvgIpc) is 3.14. The molecule has 2 atom stereocenters. The Morgan fingerprint density at radius 1 is 1.44 bits per heavy atom. The highest BCUT2D eigenvalue weighted by Crippen LogP contribution is 2.27. The van der Waals surface area contributed by atoms with Gasteiger partial charge in [0.2, 0.25) is 0 Å². The summed E-state index contributed by atoms with van der Waals surface area (Å²) in [5.74, 6) is 1.30. The second-order valence-electron chi connectivity index (χ2n) is 6.39. The van der Waals surface area contributed by atoms with Crippen LogP contribution in [0.15, 0.2) is 28.9 Å². The molecule has 0 radical (unpaired) electrons. The van der Waals surface area contributed by atoms with Crippen LogP contribution in [0.1, 0.15) is 36.1 Å². The fourth-order valence-corrected chi connectivity index (χ4v) is 4.46. The molecule has 1 aliphatic heterocycles. The van der Waals surface area contributed by atoms with Crippen molar-refractivity contribution in [1.82, 2.24) is 20.0 Å². The van der Waals surface area contributed by atoms with Crippen molar-refractivity contribution in [1.29, 1.82) is 0 Å². The van der Waals surface area contributed by atoms with Crippen molar-refractivity contribution in [2.75, 3.05) is 18.1 Å². The van der Waals surface area contributed by atoms with Crippen molar-refractivity contribution < 1.29 is 17.6 Å². The Morgan fingerprint density at radius 2 is 2.20 bits per heavy atom. The molecule has 2 amide bonds. The van der Waals surface area contributed by atoms with E-state index in [0.29, 0.717) is 11.3 Å². The van der Waals surface area contributed by atoms with E-state index >= 15 is 0 Å². The van der Waals surface area contributed by atoms with Gasteiger partial charge in [-0.2, -0.15) is 5.10 Å². The smallest absolute Gasteiger partial charge is 0.318 e. The first kappa shape index (κ1) is 17.5. The Kier molecular flexibility index (Phi) is 4.59. The number of furan rings is 1. The Balaban J connectivity index is 1.79. The second-order valence-corrected chi connectivity index (χ2v) is 8.62. The van der Waals surface area contributed by atoms with E-state index in [9.17, 15) is 13.2 Å². The molecule has 0 unspecified atom stereocenters. The van der Waals surface area contributed by atoms with Crippen LogP contribution in [0.2, 0.25) is 0 Å². The lowest BCUT2D eigenvalue weighted by Crippen LogP contribution is -2.50. The van der Waals surface area contributed by atoms with E-state index < -0.39 is 15.9 Å². The van der Waals surface area contributed by atoms with Crippen LogP contribution >= 0.6 is 0 Å². The van der Waals surface area contributed by atoms with Gasteiger partial charge in [-0.15, -0.1) is 0 Å². The highest BCUT2D eigenvalue weighted by atomic mass is 32.2. The van der Waals surface area contributed by atoms with Crippen molar-refractivity contribution in [3.63, 3.8) is 0 Å². The van der Waals surface area contributed by atoms with Crippen LogP contribution in [0.3, 0.4) is 0 Å². The summed E-state index contributed by atoms with van der Waals surface area (Å²) in [6.45, 7) is 3.82. The van der Waals surface area contributed by atoms with Gasteiger partial charge in [0.05, 0.1) is 29.8 Å². The van der Waals surface area contributed by atoms with Crippen molar-refractivity contribution >= 4 is 15.9 Å². The molecule has 0 bridgehead atoms. The Bertz CT molecular complexity index is 870. The summed E-state index contributed by atoms with van der Waals surface area (Å²) in [6, 6.07) is 2.49. The van der Waals surface area contributed by atoms with Gasteiger partial charge in [-0.1, -0.05) is 0 Å². The summed E-state index contributed by atoms with van der Waals surface area (Å²) in [7, 11) is -1.44. The standard InChI is InChI=1S/C16H22N4O4S/c1-11-4-5-15(24-11)12(2)18-16(21)20-6-7-25(22,23)10-14(20)13-8-17-19(3)9-13/h4-5,8-9,12,14H,6-7,10H2,1-3H3,(H,18,21)/t12-,14+/m0/s1. The van der Waals surface area contributed by atoms with Gasteiger partial charge in [0, 0.05) is 25.4 Å². The SMILES string of the molecule is Cc1ccc([C@H](C)NC(=O)N2CCS(=O)(=O)C[C@@H]2c2cnn(C)c2)o1. The molecular formula is C16H22N4O4S. The van der Waals surface area contributed by atoms with Gasteiger partial charge in [0.25, 0.3) is 0 Å². The highest BCUT2D eigenvalue weighted by Gasteiger charge is 2.36. The highest BCUT2D eigenvalue weighted by molar-refractivity contribution is 7.91. The van der Waals surface area contributed by atoms with Crippen molar-refractivity contribution in [3.05, 3.63) is 41.6 Å². The zero-order chi connectivity index (χ0) is 18.2. The van der Waals surface area contributed by atoms with E-state index in [-0.39, 0.29) is 30.1 Å². The van der Waals surface area contributed by atoms with Crippen LogP contribution in [-0.2, 0) is 16.9 Å². The molecule has 3 heterocycles. The quantitative estimate of drug-likeness (QED) is 0.889. The molecule has 1 saturated heterocycles. The lowest BCUT2D eigenvalue weighted by molar-refractivity contribution is 0.176. The summed E-state index contributed by atoms with van der Waals surface area (Å²) < 4.78 is 31.2. The maximum absolute atomic E-state index is 12.7. The van der Waals surface area contributed by atoms with Gasteiger partial charge >= 0.3 is 6.03 Å². The van der Waals surface area contributed by atoms with Gasteiger partial charge in [0.15, 0.2) is 9.84 Å². The monoisotopic (exact) mass is 366 g/mol. The number of nitrogens with zero attached hydrogens (tertiary/aromatic N) is 3. The number of hydrogen-bond acceptors (Lipinski definition) is 5. The number of nitrogens with one attached hydrogen (secondary N) is 1. The zero-order valence-corrected chi connectivity index (χ0v) is 15.3. The molecule has 9 heteroatoms. The van der Waals surface area contributed by atoms with Crippen molar-refractivity contribution in [3.8, 4) is 0 Å². The number of sulfone groups is 1. The first-order valence-corrected chi connectivity index (χ1v) is 9.90. The lowest BCUT2D eigenvalue weighted by atomic mass is 10.1. The molecule has 2 aromatic heterocycles. The van der Waals surface area contributed by atoms with Gasteiger partial charge in [-0.3, -0.25) is 4.68 Å². The number of aryl methyl sites for hydroxylation is 2. The van der Waals surface area contributed by atoms with Crippen LogP contribution in [0.4, 0.5) is 4.79 Å². The molecule has 0 aliphatic carbocycles. The Labute approximate surface area is 146 Å². The fraction of sp³-hybridized carbons (Fsp3) is 0.500. The molecule has 3 rings (SSSR count). The van der Waals surface area contributed by atoms with Gasteiger partial charge in [-0.05, 0) is 26.0 Å². The number of carbonyl (C=O) groups is 1. The topological polar surface area (TPSA) is 97.4 Å². The predicted octanol–water partition coefficient (Wildman–Crippen LogP) is 1.56. The average molecular weight is 366 g/mol. The number of carbonyl (C=O) groups excluding carboxylic acids is 1. The fourth-order valence-electron chi connectivity index (χ4n) is 2.96. The minimum atomic E-state index is -3.19. The van der Waals surface area contributed by atoms with E-state index in [1.807, 2.05) is 26.0 Å². The number of amides is 2. The normalized spacial score (nSPS) is 21.1. The summed E-state index contributed by atoms with van der Waals surface area (Å²) in [4.78, 5) is 14.3. The minimum absolute atomic E-state index is 0.0363. The van der Waals surface area contributed by atoms with Crippen LogP contribution < -0.4 is 5.32 Å². The number of aromatic nitrogens is 2. The largest absolute Gasteiger partial charge is 0.464 e. The van der Waals surface area contributed by atoms with Crippen LogP contribution in [0.5, 0.6) is 0 Å². The van der Waals surface area contributed by atoms with Gasteiger partial charge < -0.3 is 14.6 Å². The third-order valence-electron chi connectivity index (χ3n) is 4.33. The van der Waals surface area contributed by atoms with E-state index in [1.165, 1.54) is 0 Å². The molecule has 0 aromatic carbocycles.